The molecule has 0 aliphatic carbocycles. The molecule has 0 saturated heterocycles. The minimum absolute atomic E-state index is 0.208. The van der Waals surface area contributed by atoms with Gasteiger partial charge in [0.2, 0.25) is 0 Å². The van der Waals surface area contributed by atoms with E-state index >= 15 is 0 Å². The van der Waals surface area contributed by atoms with Crippen molar-refractivity contribution in [2.75, 3.05) is 65.4 Å². The van der Waals surface area contributed by atoms with Crippen LogP contribution < -0.4 is 54.8 Å². The van der Waals surface area contributed by atoms with Gasteiger partial charge in [0, 0.05) is 38.3 Å². The second-order valence-electron chi connectivity index (χ2n) is 14.1. The van der Waals surface area contributed by atoms with Crippen molar-refractivity contribution in [1.29, 1.82) is 0 Å². The third kappa shape index (κ3) is 17.5. The predicted molar refractivity (Wildman–Crippen MR) is 214 cm³/mol. The first-order valence-electron chi connectivity index (χ1n) is 18.8. The lowest BCUT2D eigenvalue weighted by molar-refractivity contribution is 0.521. The summed E-state index contributed by atoms with van der Waals surface area (Å²) in [7, 11) is 0. The minimum atomic E-state index is -0.954. The van der Waals surface area contributed by atoms with Gasteiger partial charge in [0.15, 0.2) is 0 Å². The van der Waals surface area contributed by atoms with Crippen LogP contribution in [0.15, 0.2) is 66.7 Å². The Morgan fingerprint density at radius 1 is 0.500 bits per heavy atom. The van der Waals surface area contributed by atoms with Crippen LogP contribution in [0.2, 0.25) is 0 Å². The zero-order valence-electron chi connectivity index (χ0n) is 31.1. The van der Waals surface area contributed by atoms with Crippen molar-refractivity contribution in [2.45, 2.75) is 77.3 Å². The van der Waals surface area contributed by atoms with Gasteiger partial charge < -0.3 is 54.8 Å². The Morgan fingerprint density at radius 3 is 1.26 bits per heavy atom. The van der Waals surface area contributed by atoms with Crippen molar-refractivity contribution < 1.29 is 0 Å². The van der Waals surface area contributed by atoms with E-state index < -0.39 is 5.66 Å². The Bertz CT molecular complexity index is 1250. The van der Waals surface area contributed by atoms with Crippen molar-refractivity contribution >= 4 is 0 Å². The van der Waals surface area contributed by atoms with Crippen LogP contribution in [0.4, 0.5) is 0 Å². The number of hydrogen-bond acceptors (Lipinski definition) is 10. The highest BCUT2D eigenvalue weighted by Crippen LogP contribution is 2.31. The largest absolute Gasteiger partial charge is 0.327 e. The summed E-state index contributed by atoms with van der Waals surface area (Å²) < 4.78 is 0. The summed E-state index contributed by atoms with van der Waals surface area (Å²) in [6.45, 7) is 17.3. The summed E-state index contributed by atoms with van der Waals surface area (Å²) in [5.41, 5.74) is 31.5. The molecule has 0 aromatic heterocycles. The fourth-order valence-corrected chi connectivity index (χ4v) is 5.72. The zero-order chi connectivity index (χ0) is 36.0. The lowest BCUT2D eigenvalue weighted by Gasteiger charge is -2.22. The number of nitrogens with two attached hydrogens (primary N) is 4. The van der Waals surface area contributed by atoms with E-state index in [9.17, 15) is 0 Å². The molecule has 0 bridgehead atoms. The number of hydrogen-bond donors (Lipinski definition) is 10. The van der Waals surface area contributed by atoms with Crippen LogP contribution in [0.25, 0.3) is 22.3 Å². The molecular weight excluding hydrogens is 621 g/mol. The van der Waals surface area contributed by atoms with Crippen LogP contribution in [0.5, 0.6) is 0 Å². The summed E-state index contributed by atoms with van der Waals surface area (Å²) in [5, 5.41) is 21.0. The first-order chi connectivity index (χ1) is 24.1. The zero-order valence-corrected chi connectivity index (χ0v) is 31.1. The van der Waals surface area contributed by atoms with E-state index in [0.29, 0.717) is 0 Å². The molecule has 0 heterocycles. The summed E-state index contributed by atoms with van der Waals surface area (Å²) >= 11 is 0. The SMILES string of the molecule is CC(N)CNCCCNCCCNCc1cccc(-c2cc(-c3cccc(CNCCCNCCCNCC(C)N)c3)cc(C(C)(N)N)c2)c1. The fraction of sp³-hybridized carbons (Fsp3) is 0.550. The maximum atomic E-state index is 6.46. The van der Waals surface area contributed by atoms with E-state index in [4.69, 9.17) is 22.9 Å². The monoisotopic (exact) mass is 689 g/mol. The van der Waals surface area contributed by atoms with E-state index in [1.54, 1.807) is 0 Å². The molecule has 10 nitrogen and oxygen atoms in total. The normalized spacial score (nSPS) is 13.1. The molecule has 0 spiro atoms. The highest BCUT2D eigenvalue weighted by Gasteiger charge is 2.18. The van der Waals surface area contributed by atoms with Gasteiger partial charge in [-0.25, -0.2) is 0 Å². The Balaban J connectivity index is 1.49. The van der Waals surface area contributed by atoms with Crippen molar-refractivity contribution in [3.63, 3.8) is 0 Å². The first-order valence-corrected chi connectivity index (χ1v) is 18.8. The number of benzene rings is 3. The minimum Gasteiger partial charge on any atom is -0.327 e. The molecule has 0 radical (unpaired) electrons. The average Bonchev–Trinajstić information content (AvgIpc) is 3.09. The quantitative estimate of drug-likeness (QED) is 0.0424. The molecule has 3 aromatic carbocycles. The lowest BCUT2D eigenvalue weighted by Crippen LogP contribution is -2.42. The molecule has 0 saturated carbocycles. The number of nitrogens with one attached hydrogen (secondary N) is 6. The van der Waals surface area contributed by atoms with Crippen LogP contribution >= 0.6 is 0 Å². The van der Waals surface area contributed by atoms with Crippen LogP contribution in [0, 0.1) is 0 Å². The second-order valence-corrected chi connectivity index (χ2v) is 14.1. The maximum Gasteiger partial charge on any atom is 0.0870 e. The Kier molecular flexibility index (Phi) is 19.7. The predicted octanol–water partition coefficient (Wildman–Crippen LogP) is 2.90. The van der Waals surface area contributed by atoms with Gasteiger partial charge in [-0.2, -0.15) is 0 Å². The van der Waals surface area contributed by atoms with Crippen LogP contribution in [-0.2, 0) is 18.8 Å². The molecule has 3 rings (SSSR count). The molecule has 0 aliphatic rings. The Morgan fingerprint density at radius 2 is 0.880 bits per heavy atom. The Hall–Kier alpha value is -2.74. The standard InChI is InChI=1S/C40H68N10/c1-31(41)27-47-18-6-14-45-16-8-20-49-29-33-10-4-12-35(22-33)37-24-38(26-39(25-37)40(3,43)44)36-13-5-11-34(23-36)30-50-21-9-17-46-15-7-19-48-28-32(2)42/h4-5,10-13,22-26,31-32,45-50H,6-9,14-21,27-30,41-44H2,1-3H3. The van der Waals surface area contributed by atoms with Gasteiger partial charge in [-0.1, -0.05) is 36.4 Å². The van der Waals surface area contributed by atoms with Gasteiger partial charge in [0.1, 0.15) is 0 Å². The van der Waals surface area contributed by atoms with E-state index in [0.717, 1.165) is 132 Å². The molecule has 50 heavy (non-hydrogen) atoms. The summed E-state index contributed by atoms with van der Waals surface area (Å²) in [6.07, 6.45) is 4.40. The summed E-state index contributed by atoms with van der Waals surface area (Å²) in [5.74, 6) is 0. The summed E-state index contributed by atoms with van der Waals surface area (Å²) in [6, 6.07) is 24.4. The van der Waals surface area contributed by atoms with Crippen molar-refractivity contribution in [2.24, 2.45) is 22.9 Å². The third-order valence-corrected chi connectivity index (χ3v) is 8.49. The molecule has 0 amide bonds. The molecular formula is C40H68N10. The van der Waals surface area contributed by atoms with Gasteiger partial charge >= 0.3 is 0 Å². The van der Waals surface area contributed by atoms with Crippen molar-refractivity contribution in [3.05, 3.63) is 83.4 Å². The van der Waals surface area contributed by atoms with Crippen LogP contribution in [0.1, 0.15) is 63.1 Å². The van der Waals surface area contributed by atoms with Crippen molar-refractivity contribution in [1.82, 2.24) is 31.9 Å². The van der Waals surface area contributed by atoms with Gasteiger partial charge in [0.25, 0.3) is 0 Å². The van der Waals surface area contributed by atoms with E-state index in [1.165, 1.54) is 11.1 Å². The maximum absolute atomic E-state index is 6.46. The van der Waals surface area contributed by atoms with Crippen LogP contribution in [-0.4, -0.2) is 77.5 Å². The second kappa shape index (κ2) is 23.7. The highest BCUT2D eigenvalue weighted by molar-refractivity contribution is 5.75. The first kappa shape index (κ1) is 41.7. The molecule has 3 aromatic rings. The third-order valence-electron chi connectivity index (χ3n) is 8.49. The van der Waals surface area contributed by atoms with Crippen molar-refractivity contribution in [3.8, 4) is 22.3 Å². The van der Waals surface area contributed by atoms with Gasteiger partial charge in [-0.3, -0.25) is 0 Å². The lowest BCUT2D eigenvalue weighted by atomic mass is 9.91. The van der Waals surface area contributed by atoms with E-state index in [-0.39, 0.29) is 12.1 Å². The molecule has 10 heteroatoms. The van der Waals surface area contributed by atoms with E-state index in [1.807, 2.05) is 20.8 Å². The van der Waals surface area contributed by atoms with E-state index in [2.05, 4.69) is 98.6 Å². The van der Waals surface area contributed by atoms with Crippen LogP contribution in [0.3, 0.4) is 0 Å². The smallest absolute Gasteiger partial charge is 0.0870 e. The molecule has 14 N–H and O–H groups in total. The van der Waals surface area contributed by atoms with Gasteiger partial charge in [-0.15, -0.1) is 0 Å². The summed E-state index contributed by atoms with van der Waals surface area (Å²) in [4.78, 5) is 0. The van der Waals surface area contributed by atoms with Gasteiger partial charge in [-0.05, 0) is 168 Å². The number of rotatable bonds is 27. The average molecular weight is 689 g/mol. The molecule has 2 unspecified atom stereocenters. The van der Waals surface area contributed by atoms with Gasteiger partial charge in [0.05, 0.1) is 5.66 Å². The molecule has 0 aliphatic heterocycles. The molecule has 0 fully saturated rings. The molecule has 2 atom stereocenters. The highest BCUT2D eigenvalue weighted by atomic mass is 14.9. The Labute approximate surface area is 302 Å². The topological polar surface area (TPSA) is 176 Å². The molecule has 278 valence electrons. The fourth-order valence-electron chi connectivity index (χ4n) is 5.72.